The minimum Gasteiger partial charge on any atom is -0.496 e. The van der Waals surface area contributed by atoms with Crippen LogP contribution in [0.15, 0.2) is 72.8 Å². The van der Waals surface area contributed by atoms with E-state index in [2.05, 4.69) is 36.5 Å². The number of likely N-dealkylation sites (N-methyl/N-ethyl adjacent to an activating group) is 1. The van der Waals surface area contributed by atoms with Crippen LogP contribution < -0.4 is 19.5 Å². The number of benzene rings is 3. The molecule has 3 aromatic rings. The van der Waals surface area contributed by atoms with Crippen molar-refractivity contribution in [2.24, 2.45) is 0 Å². The van der Waals surface area contributed by atoms with Gasteiger partial charge in [-0.2, -0.15) is 0 Å². The third kappa shape index (κ3) is 7.85. The number of rotatable bonds is 13. The first-order valence-electron chi connectivity index (χ1n) is 12.2. The van der Waals surface area contributed by atoms with E-state index in [-0.39, 0.29) is 0 Å². The SMILES string of the molecule is COc1cc(OCc2cccc(-c3ccccc3)c2C)cc(OC)c1CN(C)CCNC(=O)/C=C/C(=O)O. The fraction of sp³-hybridized carbons (Fsp3) is 0.267. The summed E-state index contributed by atoms with van der Waals surface area (Å²) in [7, 11) is 5.11. The molecule has 8 nitrogen and oxygen atoms in total. The maximum atomic E-state index is 11.7. The first-order valence-corrected chi connectivity index (χ1v) is 12.2. The van der Waals surface area contributed by atoms with Gasteiger partial charge in [0.15, 0.2) is 0 Å². The Balaban J connectivity index is 1.67. The maximum absolute atomic E-state index is 11.7. The molecule has 0 aliphatic rings. The molecule has 0 saturated heterocycles. The molecule has 2 N–H and O–H groups in total. The van der Waals surface area contributed by atoms with Crippen LogP contribution >= 0.6 is 0 Å². The number of amides is 1. The fourth-order valence-electron chi connectivity index (χ4n) is 4.06. The number of aliphatic carboxylic acids is 1. The van der Waals surface area contributed by atoms with Gasteiger partial charge in [0.05, 0.1) is 19.8 Å². The summed E-state index contributed by atoms with van der Waals surface area (Å²) in [6.45, 7) is 3.90. The molecule has 0 aliphatic heterocycles. The summed E-state index contributed by atoms with van der Waals surface area (Å²) in [5, 5.41) is 11.3. The monoisotopic (exact) mass is 518 g/mol. The number of carboxylic acid groups (broad SMARTS) is 1. The van der Waals surface area contributed by atoms with E-state index in [1.165, 1.54) is 16.7 Å². The van der Waals surface area contributed by atoms with Crippen molar-refractivity contribution < 1.29 is 28.9 Å². The van der Waals surface area contributed by atoms with Crippen molar-refractivity contribution in [3.63, 3.8) is 0 Å². The second-order valence-electron chi connectivity index (χ2n) is 8.75. The van der Waals surface area contributed by atoms with Gasteiger partial charge < -0.3 is 29.5 Å². The topological polar surface area (TPSA) is 97.3 Å². The predicted molar refractivity (Wildman–Crippen MR) is 147 cm³/mol. The van der Waals surface area contributed by atoms with Crippen molar-refractivity contribution in [2.45, 2.75) is 20.1 Å². The third-order valence-corrected chi connectivity index (χ3v) is 6.10. The lowest BCUT2D eigenvalue weighted by molar-refractivity contribution is -0.131. The molecule has 200 valence electrons. The van der Waals surface area contributed by atoms with Gasteiger partial charge in [0.25, 0.3) is 0 Å². The zero-order valence-corrected chi connectivity index (χ0v) is 22.2. The summed E-state index contributed by atoms with van der Waals surface area (Å²) in [5.74, 6) is 0.276. The van der Waals surface area contributed by atoms with Crippen LogP contribution in [-0.4, -0.2) is 56.2 Å². The van der Waals surface area contributed by atoms with E-state index in [1.54, 1.807) is 14.2 Å². The van der Waals surface area contributed by atoms with Crippen LogP contribution in [0.3, 0.4) is 0 Å². The minimum atomic E-state index is -1.17. The molecule has 0 atom stereocenters. The maximum Gasteiger partial charge on any atom is 0.328 e. The molecule has 0 saturated carbocycles. The molecule has 8 heteroatoms. The van der Waals surface area contributed by atoms with Gasteiger partial charge in [0.1, 0.15) is 23.9 Å². The number of hydrogen-bond acceptors (Lipinski definition) is 6. The number of carbonyl (C=O) groups excluding carboxylic acids is 1. The second kappa shape index (κ2) is 13.9. The van der Waals surface area contributed by atoms with Crippen molar-refractivity contribution in [1.82, 2.24) is 10.2 Å². The lowest BCUT2D eigenvalue weighted by Gasteiger charge is -2.21. The molecular formula is C30H34N2O6. The molecule has 0 unspecified atom stereocenters. The van der Waals surface area contributed by atoms with E-state index in [0.29, 0.717) is 43.5 Å². The third-order valence-electron chi connectivity index (χ3n) is 6.10. The standard InChI is InChI=1S/C30H34N2O6/c1-21-23(11-8-12-25(21)22-9-6-5-7-10-22)20-38-24-17-27(36-3)26(28(18-24)37-4)19-32(2)16-15-31-29(33)13-14-30(34)35/h5-14,17-18H,15-16,19-20H2,1-4H3,(H,31,33)(H,34,35)/b14-13+. The molecule has 0 radical (unpaired) electrons. The van der Waals surface area contributed by atoms with Gasteiger partial charge in [0, 0.05) is 43.9 Å². The summed E-state index contributed by atoms with van der Waals surface area (Å²) in [4.78, 5) is 24.2. The quantitative estimate of drug-likeness (QED) is 0.323. The Morgan fingerprint density at radius 3 is 2.29 bits per heavy atom. The molecule has 3 rings (SSSR count). The van der Waals surface area contributed by atoms with E-state index in [9.17, 15) is 9.59 Å². The van der Waals surface area contributed by atoms with Gasteiger partial charge in [-0.1, -0.05) is 48.5 Å². The highest BCUT2D eigenvalue weighted by atomic mass is 16.5. The Labute approximate surface area is 223 Å². The molecule has 38 heavy (non-hydrogen) atoms. The average Bonchev–Trinajstić information content (AvgIpc) is 2.92. The molecule has 0 aromatic heterocycles. The van der Waals surface area contributed by atoms with Crippen LogP contribution in [-0.2, 0) is 22.7 Å². The predicted octanol–water partition coefficient (Wildman–Crippen LogP) is 4.45. The summed E-state index contributed by atoms with van der Waals surface area (Å²) < 4.78 is 17.5. The molecule has 3 aromatic carbocycles. The van der Waals surface area contributed by atoms with Crippen molar-refractivity contribution in [2.75, 3.05) is 34.4 Å². The van der Waals surface area contributed by atoms with Crippen molar-refractivity contribution >= 4 is 11.9 Å². The number of hydrogen-bond donors (Lipinski definition) is 2. The Bertz CT molecular complexity index is 1250. The largest absolute Gasteiger partial charge is 0.496 e. The fourth-order valence-corrected chi connectivity index (χ4v) is 4.06. The molecule has 1 amide bonds. The van der Waals surface area contributed by atoms with Gasteiger partial charge in [-0.25, -0.2) is 4.79 Å². The molecular weight excluding hydrogens is 484 g/mol. The number of carbonyl (C=O) groups is 2. The lowest BCUT2D eigenvalue weighted by atomic mass is 9.97. The van der Waals surface area contributed by atoms with Crippen LogP contribution in [0, 0.1) is 6.92 Å². The zero-order valence-electron chi connectivity index (χ0n) is 22.2. The van der Waals surface area contributed by atoms with Crippen LogP contribution in [0.25, 0.3) is 11.1 Å². The van der Waals surface area contributed by atoms with Gasteiger partial charge in [0.2, 0.25) is 5.91 Å². The van der Waals surface area contributed by atoms with Gasteiger partial charge >= 0.3 is 5.97 Å². The highest BCUT2D eigenvalue weighted by Crippen LogP contribution is 2.35. The molecule has 0 spiro atoms. The van der Waals surface area contributed by atoms with E-state index >= 15 is 0 Å². The van der Waals surface area contributed by atoms with E-state index in [0.717, 1.165) is 23.3 Å². The summed E-state index contributed by atoms with van der Waals surface area (Å²) in [5.41, 5.74) is 5.45. The summed E-state index contributed by atoms with van der Waals surface area (Å²) >= 11 is 0. The summed E-state index contributed by atoms with van der Waals surface area (Å²) in [6, 6.07) is 20.2. The highest BCUT2D eigenvalue weighted by molar-refractivity contribution is 5.93. The lowest BCUT2D eigenvalue weighted by Crippen LogP contribution is -2.32. The zero-order chi connectivity index (χ0) is 27.5. The van der Waals surface area contributed by atoms with E-state index in [1.807, 2.05) is 48.3 Å². The second-order valence-corrected chi connectivity index (χ2v) is 8.75. The van der Waals surface area contributed by atoms with Crippen molar-refractivity contribution in [3.05, 3.63) is 89.5 Å². The Morgan fingerprint density at radius 1 is 0.974 bits per heavy atom. The summed E-state index contributed by atoms with van der Waals surface area (Å²) in [6.07, 6.45) is 1.80. The molecule has 0 fully saturated rings. The van der Waals surface area contributed by atoms with E-state index < -0.39 is 11.9 Å². The van der Waals surface area contributed by atoms with Gasteiger partial charge in [-0.3, -0.25) is 4.79 Å². The first-order chi connectivity index (χ1) is 18.3. The number of carboxylic acids is 1. The van der Waals surface area contributed by atoms with Gasteiger partial charge in [-0.05, 0) is 36.2 Å². The van der Waals surface area contributed by atoms with Crippen LogP contribution in [0.1, 0.15) is 16.7 Å². The van der Waals surface area contributed by atoms with Crippen LogP contribution in [0.4, 0.5) is 0 Å². The van der Waals surface area contributed by atoms with Crippen LogP contribution in [0.5, 0.6) is 17.2 Å². The Kier molecular flexibility index (Phi) is 10.3. The Hall–Kier alpha value is -4.30. The van der Waals surface area contributed by atoms with E-state index in [4.69, 9.17) is 19.3 Å². The van der Waals surface area contributed by atoms with Crippen LogP contribution in [0.2, 0.25) is 0 Å². The number of methoxy groups -OCH3 is 2. The highest BCUT2D eigenvalue weighted by Gasteiger charge is 2.16. The molecule has 0 heterocycles. The first kappa shape index (κ1) is 28.3. The normalized spacial score (nSPS) is 11.0. The minimum absolute atomic E-state index is 0.354. The number of nitrogens with one attached hydrogen (secondary N) is 1. The Morgan fingerprint density at radius 2 is 1.66 bits per heavy atom. The molecule has 0 aliphatic carbocycles. The average molecular weight is 519 g/mol. The van der Waals surface area contributed by atoms with Crippen molar-refractivity contribution in [1.29, 1.82) is 0 Å². The smallest absolute Gasteiger partial charge is 0.328 e. The van der Waals surface area contributed by atoms with Gasteiger partial charge in [-0.15, -0.1) is 0 Å². The number of ether oxygens (including phenoxy) is 3. The molecule has 0 bridgehead atoms. The van der Waals surface area contributed by atoms with Crippen molar-refractivity contribution in [3.8, 4) is 28.4 Å². The number of nitrogens with zero attached hydrogens (tertiary/aromatic N) is 1.